The number of nitrogens with one attached hydrogen (secondary N) is 2. The Kier molecular flexibility index (Phi) is 4.08. The van der Waals surface area contributed by atoms with Gasteiger partial charge in [-0.2, -0.15) is 4.98 Å². The minimum atomic E-state index is 0.325. The van der Waals surface area contributed by atoms with Crippen LogP contribution in [0.4, 0.5) is 11.8 Å². The van der Waals surface area contributed by atoms with Crippen LogP contribution in [0.1, 0.15) is 5.69 Å². The summed E-state index contributed by atoms with van der Waals surface area (Å²) in [5, 5.41) is 5.58. The normalized spacial score (nSPS) is 10.2. The maximum absolute atomic E-state index is 5.94. The first-order chi connectivity index (χ1) is 8.29. The van der Waals surface area contributed by atoms with Crippen molar-refractivity contribution < 1.29 is 0 Å². The van der Waals surface area contributed by atoms with Crippen LogP contribution in [-0.4, -0.2) is 21.5 Å². The van der Waals surface area contributed by atoms with Gasteiger partial charge in [-0.25, -0.2) is 15.8 Å². The van der Waals surface area contributed by atoms with E-state index in [1.165, 1.54) is 6.20 Å². The standard InChI is InChI=1S/C9H11ClN6S/c10-7-3-13-9(16-11)15-8(7)12-2-1-6-4-17-5-14-6/h3-5H,1-2,11H2,(H2,12,13,15,16). The number of aromatic nitrogens is 3. The first-order valence-corrected chi connectivity index (χ1v) is 6.22. The molecule has 0 unspecified atom stereocenters. The zero-order valence-electron chi connectivity index (χ0n) is 8.85. The number of nitrogens with two attached hydrogens (primary N) is 1. The third kappa shape index (κ3) is 3.26. The van der Waals surface area contributed by atoms with Crippen molar-refractivity contribution in [3.8, 4) is 0 Å². The van der Waals surface area contributed by atoms with Crippen LogP contribution in [0, 0.1) is 0 Å². The molecule has 0 fully saturated rings. The Morgan fingerprint density at radius 3 is 3.00 bits per heavy atom. The van der Waals surface area contributed by atoms with E-state index >= 15 is 0 Å². The van der Waals surface area contributed by atoms with Crippen LogP contribution < -0.4 is 16.6 Å². The summed E-state index contributed by atoms with van der Waals surface area (Å²) in [6.45, 7) is 0.699. The summed E-state index contributed by atoms with van der Waals surface area (Å²) in [7, 11) is 0. The number of hydrazine groups is 1. The predicted molar refractivity (Wildman–Crippen MR) is 69.2 cm³/mol. The average Bonchev–Trinajstić information content (AvgIpc) is 2.84. The minimum Gasteiger partial charge on any atom is -0.368 e. The second-order valence-corrected chi connectivity index (χ2v) is 4.32. The van der Waals surface area contributed by atoms with Crippen molar-refractivity contribution in [1.82, 2.24) is 15.0 Å². The van der Waals surface area contributed by atoms with Crippen molar-refractivity contribution in [3.63, 3.8) is 0 Å². The van der Waals surface area contributed by atoms with Crippen LogP contribution >= 0.6 is 22.9 Å². The van der Waals surface area contributed by atoms with E-state index in [4.69, 9.17) is 17.4 Å². The van der Waals surface area contributed by atoms with Crippen molar-refractivity contribution in [1.29, 1.82) is 0 Å². The van der Waals surface area contributed by atoms with Crippen molar-refractivity contribution in [2.75, 3.05) is 17.3 Å². The van der Waals surface area contributed by atoms with E-state index in [-0.39, 0.29) is 0 Å². The number of halogens is 1. The maximum Gasteiger partial charge on any atom is 0.239 e. The monoisotopic (exact) mass is 270 g/mol. The number of thiazole rings is 1. The molecule has 0 bridgehead atoms. The molecule has 0 atom stereocenters. The van der Waals surface area contributed by atoms with E-state index in [0.717, 1.165) is 12.1 Å². The number of nitrogen functional groups attached to an aromatic ring is 1. The lowest BCUT2D eigenvalue weighted by Gasteiger charge is -2.07. The highest BCUT2D eigenvalue weighted by Crippen LogP contribution is 2.18. The molecule has 0 saturated heterocycles. The molecule has 2 aromatic rings. The van der Waals surface area contributed by atoms with Crippen molar-refractivity contribution in [3.05, 3.63) is 27.8 Å². The smallest absolute Gasteiger partial charge is 0.239 e. The number of rotatable bonds is 5. The Morgan fingerprint density at radius 1 is 1.41 bits per heavy atom. The molecule has 6 nitrogen and oxygen atoms in total. The van der Waals surface area contributed by atoms with Crippen LogP contribution in [0.15, 0.2) is 17.1 Å². The molecule has 0 radical (unpaired) electrons. The molecule has 0 amide bonds. The van der Waals surface area contributed by atoms with Gasteiger partial charge in [0.25, 0.3) is 0 Å². The van der Waals surface area contributed by atoms with Gasteiger partial charge >= 0.3 is 0 Å². The van der Waals surface area contributed by atoms with Gasteiger partial charge in [-0.1, -0.05) is 11.6 Å². The number of anilines is 2. The van der Waals surface area contributed by atoms with Crippen molar-refractivity contribution in [2.45, 2.75) is 6.42 Å². The summed E-state index contributed by atoms with van der Waals surface area (Å²) in [5.74, 6) is 6.10. The maximum atomic E-state index is 5.94. The quantitative estimate of drug-likeness (QED) is 0.564. The molecule has 0 spiro atoms. The number of hydrogen-bond donors (Lipinski definition) is 3. The lowest BCUT2D eigenvalue weighted by molar-refractivity contribution is 0.964. The molecule has 2 aromatic heterocycles. The topological polar surface area (TPSA) is 88.8 Å². The minimum absolute atomic E-state index is 0.325. The number of nitrogens with zero attached hydrogens (tertiary/aromatic N) is 3. The Morgan fingerprint density at radius 2 is 2.29 bits per heavy atom. The summed E-state index contributed by atoms with van der Waals surface area (Å²) in [4.78, 5) is 12.2. The van der Waals surface area contributed by atoms with E-state index in [1.807, 2.05) is 10.9 Å². The highest BCUT2D eigenvalue weighted by atomic mass is 35.5. The number of hydrogen-bond acceptors (Lipinski definition) is 7. The molecule has 2 heterocycles. The Labute approximate surface area is 107 Å². The Balaban J connectivity index is 1.94. The fraction of sp³-hybridized carbons (Fsp3) is 0.222. The largest absolute Gasteiger partial charge is 0.368 e. The molecule has 0 aliphatic heterocycles. The molecular formula is C9H11ClN6S. The zero-order chi connectivity index (χ0) is 12.1. The van der Waals surface area contributed by atoms with Crippen LogP contribution in [0.5, 0.6) is 0 Å². The molecular weight excluding hydrogens is 260 g/mol. The van der Waals surface area contributed by atoms with E-state index in [0.29, 0.717) is 23.3 Å². The molecule has 17 heavy (non-hydrogen) atoms. The summed E-state index contributed by atoms with van der Waals surface area (Å²) in [6, 6.07) is 0. The Bertz CT molecular complexity index is 474. The van der Waals surface area contributed by atoms with Gasteiger partial charge < -0.3 is 5.32 Å². The fourth-order valence-corrected chi connectivity index (χ4v) is 1.98. The molecule has 0 aliphatic carbocycles. The highest BCUT2D eigenvalue weighted by molar-refractivity contribution is 7.07. The van der Waals surface area contributed by atoms with Gasteiger partial charge in [-0.15, -0.1) is 11.3 Å². The first-order valence-electron chi connectivity index (χ1n) is 4.89. The SMILES string of the molecule is NNc1ncc(Cl)c(NCCc2cscn2)n1. The first kappa shape index (κ1) is 12.0. The predicted octanol–water partition coefficient (Wildman–Crippen LogP) is 1.53. The second kappa shape index (κ2) is 5.76. The van der Waals surface area contributed by atoms with E-state index < -0.39 is 0 Å². The lowest BCUT2D eigenvalue weighted by Crippen LogP contribution is -2.13. The second-order valence-electron chi connectivity index (χ2n) is 3.19. The molecule has 0 aliphatic rings. The molecule has 0 saturated carbocycles. The van der Waals surface area contributed by atoms with Gasteiger partial charge in [-0.05, 0) is 0 Å². The summed E-state index contributed by atoms with van der Waals surface area (Å²) >= 11 is 7.52. The van der Waals surface area contributed by atoms with Gasteiger partial charge in [-0.3, -0.25) is 5.43 Å². The highest BCUT2D eigenvalue weighted by Gasteiger charge is 2.04. The molecule has 4 N–H and O–H groups in total. The van der Waals surface area contributed by atoms with Gasteiger partial charge in [0, 0.05) is 18.3 Å². The van der Waals surface area contributed by atoms with Crippen molar-refractivity contribution in [2.24, 2.45) is 5.84 Å². The van der Waals surface area contributed by atoms with Crippen molar-refractivity contribution >= 4 is 34.7 Å². The molecule has 8 heteroatoms. The van der Waals surface area contributed by atoms with E-state index in [2.05, 4.69) is 25.7 Å². The third-order valence-corrected chi connectivity index (χ3v) is 2.94. The van der Waals surface area contributed by atoms with Crippen LogP contribution in [-0.2, 0) is 6.42 Å². The van der Waals surface area contributed by atoms with Crippen LogP contribution in [0.3, 0.4) is 0 Å². The summed E-state index contributed by atoms with van der Waals surface area (Å²) in [6.07, 6.45) is 2.31. The van der Waals surface area contributed by atoms with Crippen LogP contribution in [0.25, 0.3) is 0 Å². The third-order valence-electron chi connectivity index (χ3n) is 2.03. The molecule has 90 valence electrons. The van der Waals surface area contributed by atoms with E-state index in [9.17, 15) is 0 Å². The van der Waals surface area contributed by atoms with Crippen LogP contribution in [0.2, 0.25) is 5.02 Å². The van der Waals surface area contributed by atoms with Gasteiger partial charge in [0.2, 0.25) is 5.95 Å². The van der Waals surface area contributed by atoms with E-state index in [1.54, 1.807) is 11.3 Å². The lowest BCUT2D eigenvalue weighted by atomic mass is 10.3. The Hall–Kier alpha value is -1.44. The van der Waals surface area contributed by atoms with Gasteiger partial charge in [0.15, 0.2) is 5.82 Å². The average molecular weight is 271 g/mol. The summed E-state index contributed by atoms with van der Waals surface area (Å²) < 4.78 is 0. The van der Waals surface area contributed by atoms with Gasteiger partial charge in [0.05, 0.1) is 17.4 Å². The molecule has 0 aromatic carbocycles. The van der Waals surface area contributed by atoms with Gasteiger partial charge in [0.1, 0.15) is 5.02 Å². The zero-order valence-corrected chi connectivity index (χ0v) is 10.4. The fourth-order valence-electron chi connectivity index (χ4n) is 1.23. The molecule has 2 rings (SSSR count). The summed E-state index contributed by atoms with van der Waals surface area (Å²) in [5.41, 5.74) is 5.22.